The smallest absolute Gasteiger partial charge is 0.328 e. The zero-order chi connectivity index (χ0) is 14.0. The van der Waals surface area contributed by atoms with Crippen LogP contribution in [0, 0.1) is 12.8 Å². The number of amides is 1. The summed E-state index contributed by atoms with van der Waals surface area (Å²) >= 11 is 1.32. The van der Waals surface area contributed by atoms with Gasteiger partial charge in [0, 0.05) is 17.0 Å². The molecule has 0 saturated heterocycles. The van der Waals surface area contributed by atoms with E-state index in [1.54, 1.807) is 0 Å². The highest BCUT2D eigenvalue weighted by Gasteiger charge is 2.27. The van der Waals surface area contributed by atoms with Gasteiger partial charge in [0.1, 0.15) is 0 Å². The van der Waals surface area contributed by atoms with E-state index in [4.69, 9.17) is 5.11 Å². The van der Waals surface area contributed by atoms with Crippen LogP contribution in [0.15, 0.2) is 12.1 Å². The lowest BCUT2D eigenvalue weighted by Crippen LogP contribution is -2.43. The molecule has 0 radical (unpaired) electrons. The summed E-state index contributed by atoms with van der Waals surface area (Å²) in [6.07, 6.45) is 4.71. The van der Waals surface area contributed by atoms with Crippen molar-refractivity contribution in [2.45, 2.75) is 32.7 Å². The van der Waals surface area contributed by atoms with Gasteiger partial charge in [-0.25, -0.2) is 4.79 Å². The van der Waals surface area contributed by atoms with E-state index in [9.17, 15) is 9.59 Å². The van der Waals surface area contributed by atoms with Gasteiger partial charge in [0.25, 0.3) is 5.91 Å². The van der Waals surface area contributed by atoms with Crippen molar-refractivity contribution in [1.29, 1.82) is 0 Å². The number of hydrogen-bond donors (Lipinski definition) is 2. The van der Waals surface area contributed by atoms with Crippen molar-refractivity contribution in [3.63, 3.8) is 0 Å². The van der Waals surface area contributed by atoms with Crippen molar-refractivity contribution in [2.24, 2.45) is 5.92 Å². The standard InChI is InChI=1S/C14H17NO3S/c1-8-5-10(6-8)15-14(18)12-7-9(2)11(19-12)3-4-13(16)17/h3-4,7-8,10H,5-6H2,1-2H3,(H,15,18)(H,16,17)/b4-3+. The Morgan fingerprint density at radius 3 is 2.74 bits per heavy atom. The lowest BCUT2D eigenvalue weighted by atomic mass is 9.82. The third-order valence-corrected chi connectivity index (χ3v) is 4.47. The molecule has 0 spiro atoms. The molecule has 1 amide bonds. The maximum Gasteiger partial charge on any atom is 0.328 e. The Balaban J connectivity index is 2.02. The van der Waals surface area contributed by atoms with E-state index in [0.29, 0.717) is 16.8 Å². The van der Waals surface area contributed by atoms with Crippen molar-refractivity contribution in [3.05, 3.63) is 27.5 Å². The van der Waals surface area contributed by atoms with E-state index in [1.807, 2.05) is 13.0 Å². The first-order valence-corrected chi connectivity index (χ1v) is 7.09. The fraction of sp³-hybridized carbons (Fsp3) is 0.429. The number of carbonyl (C=O) groups is 2. The van der Waals surface area contributed by atoms with Crippen LogP contribution in [0.4, 0.5) is 0 Å². The van der Waals surface area contributed by atoms with Gasteiger partial charge in [-0.15, -0.1) is 11.3 Å². The van der Waals surface area contributed by atoms with Crippen LogP contribution in [0.1, 0.15) is 39.9 Å². The maximum absolute atomic E-state index is 12.0. The average Bonchev–Trinajstić information content (AvgIpc) is 2.66. The summed E-state index contributed by atoms with van der Waals surface area (Å²) in [4.78, 5) is 24.0. The van der Waals surface area contributed by atoms with Crippen molar-refractivity contribution < 1.29 is 14.7 Å². The van der Waals surface area contributed by atoms with Crippen LogP contribution >= 0.6 is 11.3 Å². The van der Waals surface area contributed by atoms with Gasteiger partial charge in [-0.1, -0.05) is 6.92 Å². The first-order chi connectivity index (χ1) is 8.95. The van der Waals surface area contributed by atoms with Gasteiger partial charge in [-0.05, 0) is 43.4 Å². The molecule has 19 heavy (non-hydrogen) atoms. The van der Waals surface area contributed by atoms with Crippen LogP contribution in [-0.4, -0.2) is 23.0 Å². The number of carbonyl (C=O) groups excluding carboxylic acids is 1. The van der Waals surface area contributed by atoms with Gasteiger partial charge in [0.15, 0.2) is 0 Å². The van der Waals surface area contributed by atoms with Gasteiger partial charge >= 0.3 is 5.97 Å². The van der Waals surface area contributed by atoms with E-state index < -0.39 is 5.97 Å². The fourth-order valence-electron chi connectivity index (χ4n) is 2.20. The van der Waals surface area contributed by atoms with E-state index in [2.05, 4.69) is 12.2 Å². The van der Waals surface area contributed by atoms with E-state index in [-0.39, 0.29) is 5.91 Å². The number of thiophene rings is 1. The van der Waals surface area contributed by atoms with Gasteiger partial charge in [-0.3, -0.25) is 4.79 Å². The summed E-state index contributed by atoms with van der Waals surface area (Å²) < 4.78 is 0. The molecule has 2 N–H and O–H groups in total. The molecule has 0 atom stereocenters. The Bertz CT molecular complexity index is 527. The topological polar surface area (TPSA) is 66.4 Å². The molecule has 1 aliphatic carbocycles. The molecule has 1 saturated carbocycles. The molecule has 0 bridgehead atoms. The van der Waals surface area contributed by atoms with E-state index in [1.165, 1.54) is 17.4 Å². The third kappa shape index (κ3) is 3.44. The number of carboxylic acids is 1. The Kier molecular flexibility index (Phi) is 4.04. The molecule has 5 heteroatoms. The third-order valence-electron chi connectivity index (χ3n) is 3.27. The van der Waals surface area contributed by atoms with Gasteiger partial charge in [-0.2, -0.15) is 0 Å². The van der Waals surface area contributed by atoms with Crippen molar-refractivity contribution >= 4 is 29.3 Å². The molecule has 0 aromatic carbocycles. The highest BCUT2D eigenvalue weighted by atomic mass is 32.1. The van der Waals surface area contributed by atoms with Crippen LogP contribution in [0.25, 0.3) is 6.08 Å². The second kappa shape index (κ2) is 5.57. The number of carboxylic acid groups (broad SMARTS) is 1. The Hall–Kier alpha value is -1.62. The van der Waals surface area contributed by atoms with Gasteiger partial charge < -0.3 is 10.4 Å². The van der Waals surface area contributed by atoms with Gasteiger partial charge in [0.05, 0.1) is 4.88 Å². The highest BCUT2D eigenvalue weighted by Crippen LogP contribution is 2.28. The maximum atomic E-state index is 12.0. The van der Waals surface area contributed by atoms with Crippen LogP contribution < -0.4 is 5.32 Å². The van der Waals surface area contributed by atoms with Gasteiger partial charge in [0.2, 0.25) is 0 Å². The second-order valence-corrected chi connectivity index (χ2v) is 6.16. The first-order valence-electron chi connectivity index (χ1n) is 6.28. The molecule has 102 valence electrons. The molecule has 0 aliphatic heterocycles. The number of aliphatic carboxylic acids is 1. The van der Waals surface area contributed by atoms with E-state index >= 15 is 0 Å². The van der Waals surface area contributed by atoms with Crippen molar-refractivity contribution in [3.8, 4) is 0 Å². The largest absolute Gasteiger partial charge is 0.478 e. The summed E-state index contributed by atoms with van der Waals surface area (Å²) in [5.74, 6) is -0.341. The summed E-state index contributed by atoms with van der Waals surface area (Å²) in [5.41, 5.74) is 0.926. The molecule has 1 fully saturated rings. The quantitative estimate of drug-likeness (QED) is 0.833. The van der Waals surface area contributed by atoms with Crippen molar-refractivity contribution in [2.75, 3.05) is 0 Å². The number of aryl methyl sites for hydroxylation is 1. The molecule has 1 aromatic heterocycles. The molecule has 1 aromatic rings. The average molecular weight is 279 g/mol. The monoisotopic (exact) mass is 279 g/mol. The molecule has 0 unspecified atom stereocenters. The summed E-state index contributed by atoms with van der Waals surface area (Å²) in [6.45, 7) is 4.05. The summed E-state index contributed by atoms with van der Waals surface area (Å²) in [7, 11) is 0. The molecular formula is C14H17NO3S. The number of rotatable bonds is 4. The lowest BCUT2D eigenvalue weighted by Gasteiger charge is -2.33. The van der Waals surface area contributed by atoms with Crippen molar-refractivity contribution in [1.82, 2.24) is 5.32 Å². The normalized spacial score (nSPS) is 22.2. The molecule has 2 rings (SSSR count). The molecule has 1 heterocycles. The fourth-order valence-corrected chi connectivity index (χ4v) is 3.18. The lowest BCUT2D eigenvalue weighted by molar-refractivity contribution is -0.131. The van der Waals surface area contributed by atoms with E-state index in [0.717, 1.165) is 29.4 Å². The minimum atomic E-state index is -0.984. The number of hydrogen-bond acceptors (Lipinski definition) is 3. The summed E-state index contributed by atoms with van der Waals surface area (Å²) in [6, 6.07) is 2.10. The molecule has 1 aliphatic rings. The Morgan fingerprint density at radius 2 is 2.16 bits per heavy atom. The Labute approximate surface area is 116 Å². The predicted octanol–water partition coefficient (Wildman–Crippen LogP) is 2.68. The van der Waals surface area contributed by atoms with Crippen LogP contribution in [0.3, 0.4) is 0 Å². The molecule has 4 nitrogen and oxygen atoms in total. The zero-order valence-electron chi connectivity index (χ0n) is 11.0. The minimum absolute atomic E-state index is 0.0556. The van der Waals surface area contributed by atoms with Crippen LogP contribution in [0.5, 0.6) is 0 Å². The predicted molar refractivity (Wildman–Crippen MR) is 75.4 cm³/mol. The minimum Gasteiger partial charge on any atom is -0.478 e. The summed E-state index contributed by atoms with van der Waals surface area (Å²) in [5, 5.41) is 11.6. The van der Waals surface area contributed by atoms with Crippen LogP contribution in [0.2, 0.25) is 0 Å². The second-order valence-electron chi connectivity index (χ2n) is 5.08. The van der Waals surface area contributed by atoms with Crippen LogP contribution in [-0.2, 0) is 4.79 Å². The number of nitrogens with one attached hydrogen (secondary N) is 1. The SMILES string of the molecule is Cc1cc(C(=O)NC2CC(C)C2)sc1/C=C/C(=O)O. The first kappa shape index (κ1) is 13.8. The highest BCUT2D eigenvalue weighted by molar-refractivity contribution is 7.15. The zero-order valence-corrected chi connectivity index (χ0v) is 11.8. The Morgan fingerprint density at radius 1 is 1.47 bits per heavy atom. The molecular weight excluding hydrogens is 262 g/mol.